The zero-order valence-electron chi connectivity index (χ0n) is 20.9. The van der Waals surface area contributed by atoms with Crippen LogP contribution in [0.25, 0.3) is 0 Å². The molecule has 2 aromatic carbocycles. The second-order valence-corrected chi connectivity index (χ2v) is 26.3. The molecule has 31 heavy (non-hydrogen) atoms. The van der Waals surface area contributed by atoms with Gasteiger partial charge in [0.05, 0.1) is 0 Å². The van der Waals surface area contributed by atoms with Gasteiger partial charge in [-0.25, -0.2) is 0 Å². The van der Waals surface area contributed by atoms with Crippen molar-refractivity contribution in [3.63, 3.8) is 0 Å². The van der Waals surface area contributed by atoms with Crippen molar-refractivity contribution in [1.29, 1.82) is 0 Å². The van der Waals surface area contributed by atoms with Crippen molar-refractivity contribution >= 4 is 24.3 Å². The van der Waals surface area contributed by atoms with Gasteiger partial charge in [0, 0.05) is 0 Å². The van der Waals surface area contributed by atoms with Gasteiger partial charge in [-0.05, 0) is 0 Å². The van der Waals surface area contributed by atoms with Gasteiger partial charge in [-0.15, -0.1) is 0 Å². The average Bonchev–Trinajstić information content (AvgIpc) is 3.06. The van der Waals surface area contributed by atoms with E-state index in [0.29, 0.717) is 5.92 Å². The molecule has 2 aromatic rings. The van der Waals surface area contributed by atoms with Crippen LogP contribution in [0.3, 0.4) is 0 Å². The van der Waals surface area contributed by atoms with E-state index in [-0.39, 0.29) is 17.8 Å². The van der Waals surface area contributed by atoms with Gasteiger partial charge in [0.15, 0.2) is 0 Å². The summed E-state index contributed by atoms with van der Waals surface area (Å²) in [4.78, 5) is 21.2. The van der Waals surface area contributed by atoms with Crippen LogP contribution in [0.2, 0.25) is 14.8 Å². The molecule has 0 bridgehead atoms. The molecule has 0 aromatic heterocycles. The van der Waals surface area contributed by atoms with E-state index in [1.165, 1.54) is 16.7 Å². The summed E-state index contributed by atoms with van der Waals surface area (Å²) in [6, 6.07) is 13.1. The first-order chi connectivity index (χ1) is 14.4. The van der Waals surface area contributed by atoms with E-state index in [2.05, 4.69) is 92.8 Å². The Bertz CT molecular complexity index is 936. The zero-order valence-corrected chi connectivity index (χ0v) is 23.8. The van der Waals surface area contributed by atoms with Crippen molar-refractivity contribution in [2.24, 2.45) is 0 Å². The molecule has 0 spiro atoms. The van der Waals surface area contributed by atoms with Gasteiger partial charge >= 0.3 is 194 Å². The first kappa shape index (κ1) is 24.4. The third-order valence-corrected chi connectivity index (χ3v) is 15.7. The number of rotatable bonds is 6. The third-order valence-electron chi connectivity index (χ3n) is 7.01. The molecule has 1 aliphatic carbocycles. The fourth-order valence-electron chi connectivity index (χ4n) is 5.02. The molecule has 0 aliphatic heterocycles. The van der Waals surface area contributed by atoms with E-state index in [1.54, 1.807) is 0 Å². The van der Waals surface area contributed by atoms with Crippen LogP contribution in [-0.4, -0.2) is 24.3 Å². The minimum atomic E-state index is -2.74. The summed E-state index contributed by atoms with van der Waals surface area (Å²) in [5, 5.41) is 0. The molecule has 0 radical (unpaired) electrons. The quantitative estimate of drug-likeness (QED) is 0.282. The van der Waals surface area contributed by atoms with E-state index in [0.717, 1.165) is 29.5 Å². The standard InChI is InChI=1S/C25H31O2.3CH3.Sn/c1-15(2)19-13-21(16(3)4)24(22(14-19)17(5)6)25(26)27-23-12-11-18-9-7-8-10-20(18)23;;;;/h7-10,13-17H,11-12H2,1-6H3;3*1H3;. The Morgan fingerprint density at radius 3 is 1.94 bits per heavy atom. The van der Waals surface area contributed by atoms with Crippen molar-refractivity contribution in [3.8, 4) is 0 Å². The van der Waals surface area contributed by atoms with Crippen LogP contribution in [-0.2, 0) is 14.8 Å². The number of esters is 1. The maximum absolute atomic E-state index is 14.0. The molecule has 1 aliphatic rings. The number of aryl methyl sites for hydroxylation is 1. The first-order valence-electron chi connectivity index (χ1n) is 11.9. The van der Waals surface area contributed by atoms with Crippen LogP contribution in [0.15, 0.2) is 36.4 Å². The Balaban J connectivity index is 2.17. The molecule has 0 saturated heterocycles. The van der Waals surface area contributed by atoms with Crippen LogP contribution in [0.1, 0.15) is 104 Å². The van der Waals surface area contributed by atoms with Gasteiger partial charge < -0.3 is 0 Å². The maximum atomic E-state index is 14.0. The normalized spacial score (nSPS) is 18.7. The van der Waals surface area contributed by atoms with E-state index in [1.807, 2.05) is 0 Å². The number of hydrogen-bond donors (Lipinski definition) is 0. The van der Waals surface area contributed by atoms with E-state index in [4.69, 9.17) is 4.74 Å². The fourth-order valence-corrected chi connectivity index (χ4v) is 11.7. The number of ether oxygens (including phenoxy) is 1. The van der Waals surface area contributed by atoms with E-state index < -0.39 is 22.0 Å². The summed E-state index contributed by atoms with van der Waals surface area (Å²) in [7, 11) is 0. The molecule has 0 N–H and O–H groups in total. The molecule has 3 heteroatoms. The van der Waals surface area contributed by atoms with Crippen molar-refractivity contribution < 1.29 is 9.53 Å². The van der Waals surface area contributed by atoms with Crippen LogP contribution in [0, 0.1) is 0 Å². The van der Waals surface area contributed by atoms with Crippen molar-refractivity contribution in [3.05, 3.63) is 69.8 Å². The van der Waals surface area contributed by atoms with Gasteiger partial charge in [-0.2, -0.15) is 0 Å². The van der Waals surface area contributed by atoms with Gasteiger partial charge in [-0.3, -0.25) is 0 Å². The number of fused-ring (bicyclic) bond motifs is 1. The summed E-state index contributed by atoms with van der Waals surface area (Å²) in [6.45, 7) is 13.2. The van der Waals surface area contributed by atoms with Gasteiger partial charge in [0.2, 0.25) is 0 Å². The number of carbonyl (C=O) groups is 1. The molecule has 0 fully saturated rings. The summed E-state index contributed by atoms with van der Waals surface area (Å²) in [5.41, 5.74) is 7.00. The predicted molar refractivity (Wildman–Crippen MR) is 134 cm³/mol. The minimum absolute atomic E-state index is 0.119. The predicted octanol–water partition coefficient (Wildman–Crippen LogP) is 7.93. The number of hydrogen-bond acceptors (Lipinski definition) is 2. The Morgan fingerprint density at radius 1 is 0.903 bits per heavy atom. The van der Waals surface area contributed by atoms with Crippen LogP contribution >= 0.6 is 0 Å². The van der Waals surface area contributed by atoms with E-state index >= 15 is 0 Å². The van der Waals surface area contributed by atoms with Crippen molar-refractivity contribution in [2.45, 2.75) is 90.6 Å². The molecule has 3 rings (SSSR count). The summed E-state index contributed by atoms with van der Waals surface area (Å²) < 4.78 is 6.31. The van der Waals surface area contributed by atoms with Crippen LogP contribution in [0.4, 0.5) is 0 Å². The van der Waals surface area contributed by atoms with Crippen molar-refractivity contribution in [1.82, 2.24) is 0 Å². The van der Waals surface area contributed by atoms with E-state index in [9.17, 15) is 4.79 Å². The third kappa shape index (κ3) is 4.47. The topological polar surface area (TPSA) is 26.3 Å². The Labute approximate surface area is 193 Å². The monoisotopic (exact) mass is 528 g/mol. The Kier molecular flexibility index (Phi) is 7.01. The summed E-state index contributed by atoms with van der Waals surface area (Å²) >= 11 is -2.74. The molecule has 1 atom stereocenters. The number of carbonyl (C=O) groups excluding carboxylic acids is 1. The SMILES string of the molecule is CC(C)c1cc(C(C)C)c(C(=O)O[C@]2([Sn]([CH3])([CH3])[CH3])CCc3ccccc32)c(C(C)C)c1. The molecule has 2 nitrogen and oxygen atoms in total. The zero-order chi connectivity index (χ0) is 23.1. The average molecular weight is 527 g/mol. The number of benzene rings is 2. The molecule has 0 amide bonds. The van der Waals surface area contributed by atoms with Crippen LogP contribution < -0.4 is 0 Å². The molecule has 168 valence electrons. The molecule has 0 unspecified atom stereocenters. The molecule has 0 heterocycles. The Hall–Kier alpha value is -1.29. The molecule has 0 saturated carbocycles. The Morgan fingerprint density at radius 2 is 1.45 bits per heavy atom. The second-order valence-electron chi connectivity index (χ2n) is 11.2. The summed E-state index contributed by atoms with van der Waals surface area (Å²) in [6.07, 6.45) is 1.92. The first-order valence-corrected chi connectivity index (χ1v) is 21.9. The summed E-state index contributed by atoms with van der Waals surface area (Å²) in [5.74, 6) is 0.845. The van der Waals surface area contributed by atoms with Gasteiger partial charge in [0.1, 0.15) is 0 Å². The van der Waals surface area contributed by atoms with Gasteiger partial charge in [0.25, 0.3) is 0 Å². The van der Waals surface area contributed by atoms with Crippen molar-refractivity contribution in [2.75, 3.05) is 0 Å². The van der Waals surface area contributed by atoms with Gasteiger partial charge in [-0.1, -0.05) is 0 Å². The fraction of sp³-hybridized carbons (Fsp3) is 0.536. The molecular weight excluding hydrogens is 487 g/mol. The second kappa shape index (κ2) is 8.92. The molecular formula is C28H40O2Sn. The van der Waals surface area contributed by atoms with Crippen LogP contribution in [0.5, 0.6) is 0 Å².